The molecule has 1 atom stereocenters. The molecule has 0 saturated heterocycles. The van der Waals surface area contributed by atoms with Crippen LogP contribution in [0.3, 0.4) is 0 Å². The maximum absolute atomic E-state index is 10.9. The van der Waals surface area contributed by atoms with Crippen molar-refractivity contribution in [2.24, 2.45) is 0 Å². The summed E-state index contributed by atoms with van der Waals surface area (Å²) in [6, 6.07) is -0.429. The molecule has 3 N–H and O–H groups in total. The van der Waals surface area contributed by atoms with E-state index in [2.05, 4.69) is 20.5 Å². The number of nitrogens with zero attached hydrogens (tertiary/aromatic N) is 2. The maximum atomic E-state index is 10.9. The average Bonchev–Trinajstić information content (AvgIpc) is 2.63. The molecule has 0 amide bonds. The summed E-state index contributed by atoms with van der Waals surface area (Å²) in [6.45, 7) is 3.82. The van der Waals surface area contributed by atoms with Gasteiger partial charge in [0.05, 0.1) is 0 Å². The molecule has 84 valence electrons. The van der Waals surface area contributed by atoms with Crippen molar-refractivity contribution >= 4 is 17.7 Å². The van der Waals surface area contributed by atoms with Crippen molar-refractivity contribution < 1.29 is 9.90 Å². The number of carboxylic acid groups (broad SMARTS) is 1. The van der Waals surface area contributed by atoms with Crippen molar-refractivity contribution in [3.05, 3.63) is 6.33 Å². The molecule has 6 nitrogen and oxygen atoms in total. The van der Waals surface area contributed by atoms with Gasteiger partial charge in [0.1, 0.15) is 12.4 Å². The number of carboxylic acids is 1. The highest BCUT2D eigenvalue weighted by atomic mass is 32.2. The first kappa shape index (κ1) is 12.0. The highest BCUT2D eigenvalue weighted by Crippen LogP contribution is 2.12. The van der Waals surface area contributed by atoms with Gasteiger partial charge in [-0.25, -0.2) is 4.98 Å². The van der Waals surface area contributed by atoms with E-state index >= 15 is 0 Å². The van der Waals surface area contributed by atoms with E-state index in [4.69, 9.17) is 5.11 Å². The zero-order valence-electron chi connectivity index (χ0n) is 8.60. The number of hydrogen-bond donors (Lipinski definition) is 3. The fourth-order valence-corrected chi connectivity index (χ4v) is 1.82. The van der Waals surface area contributed by atoms with E-state index < -0.39 is 12.0 Å². The third kappa shape index (κ3) is 4.30. The smallest absolute Gasteiger partial charge is 0.321 e. The van der Waals surface area contributed by atoms with Crippen molar-refractivity contribution in [3.63, 3.8) is 0 Å². The van der Waals surface area contributed by atoms with Crippen LogP contribution < -0.4 is 5.32 Å². The Morgan fingerprint density at radius 2 is 2.47 bits per heavy atom. The van der Waals surface area contributed by atoms with Gasteiger partial charge in [0.2, 0.25) is 0 Å². The Morgan fingerprint density at radius 3 is 2.93 bits per heavy atom. The van der Waals surface area contributed by atoms with E-state index in [0.29, 0.717) is 10.9 Å². The molecule has 15 heavy (non-hydrogen) atoms. The highest BCUT2D eigenvalue weighted by Gasteiger charge is 2.18. The highest BCUT2D eigenvalue weighted by molar-refractivity contribution is 7.99. The molecule has 0 aliphatic rings. The van der Waals surface area contributed by atoms with Crippen LogP contribution in [-0.4, -0.2) is 44.1 Å². The molecule has 0 spiro atoms. The number of hydrogen-bond acceptors (Lipinski definition) is 5. The summed E-state index contributed by atoms with van der Waals surface area (Å²) in [5.74, 6) is -0.432. The Balaban J connectivity index is 2.41. The normalized spacial score (nSPS) is 13.0. The molecule has 0 bridgehead atoms. The Morgan fingerprint density at radius 1 is 1.73 bits per heavy atom. The second kappa shape index (κ2) is 5.72. The summed E-state index contributed by atoms with van der Waals surface area (Å²) in [4.78, 5) is 14.8. The molecule has 1 unspecified atom stereocenters. The van der Waals surface area contributed by atoms with Gasteiger partial charge in [-0.3, -0.25) is 9.89 Å². The molecule has 0 aliphatic heterocycles. The van der Waals surface area contributed by atoms with E-state index in [1.807, 2.05) is 13.8 Å². The number of carbonyl (C=O) groups is 1. The fraction of sp³-hybridized carbons (Fsp3) is 0.625. The van der Waals surface area contributed by atoms with Gasteiger partial charge in [-0.1, -0.05) is 25.6 Å². The molecular weight excluding hydrogens is 216 g/mol. The van der Waals surface area contributed by atoms with Crippen molar-refractivity contribution in [1.82, 2.24) is 20.5 Å². The summed E-state index contributed by atoms with van der Waals surface area (Å²) in [5.41, 5.74) is 0. The van der Waals surface area contributed by atoms with E-state index in [1.54, 1.807) is 0 Å². The van der Waals surface area contributed by atoms with E-state index in [9.17, 15) is 4.79 Å². The monoisotopic (exact) mass is 230 g/mol. The molecule has 0 saturated carbocycles. The largest absolute Gasteiger partial charge is 0.480 e. The molecule has 0 fully saturated rings. The zero-order valence-corrected chi connectivity index (χ0v) is 9.41. The predicted molar refractivity (Wildman–Crippen MR) is 56.8 cm³/mol. The van der Waals surface area contributed by atoms with E-state index in [-0.39, 0.29) is 6.04 Å². The van der Waals surface area contributed by atoms with Gasteiger partial charge in [0.25, 0.3) is 0 Å². The van der Waals surface area contributed by atoms with Crippen LogP contribution in [0.5, 0.6) is 0 Å². The summed E-state index contributed by atoms with van der Waals surface area (Å²) < 4.78 is 0. The Bertz CT molecular complexity index is 302. The summed E-state index contributed by atoms with van der Waals surface area (Å²) >= 11 is 1.33. The fourth-order valence-electron chi connectivity index (χ4n) is 1.02. The molecule has 1 rings (SSSR count). The lowest BCUT2D eigenvalue weighted by atomic mass is 10.3. The minimum Gasteiger partial charge on any atom is -0.480 e. The van der Waals surface area contributed by atoms with Gasteiger partial charge in [-0.15, -0.1) is 0 Å². The minimum absolute atomic E-state index is 0.140. The minimum atomic E-state index is -0.851. The standard InChI is InChI=1S/C8H14N4O2S/c1-5(2)11-6(7(13)14)3-15-8-9-4-10-12-8/h4-6,11H,3H2,1-2H3,(H,13,14)(H,9,10,12). The number of nitrogens with one attached hydrogen (secondary N) is 2. The number of rotatable bonds is 6. The van der Waals surface area contributed by atoms with Crippen LogP contribution in [0.4, 0.5) is 0 Å². The quantitative estimate of drug-likeness (QED) is 0.611. The van der Waals surface area contributed by atoms with Crippen molar-refractivity contribution in [2.75, 3.05) is 5.75 Å². The topological polar surface area (TPSA) is 90.9 Å². The molecular formula is C8H14N4O2S. The molecule has 0 aromatic carbocycles. The van der Waals surface area contributed by atoms with Gasteiger partial charge in [0, 0.05) is 11.8 Å². The Hall–Kier alpha value is -1.08. The molecule has 1 heterocycles. The zero-order chi connectivity index (χ0) is 11.3. The Kier molecular flexibility index (Phi) is 4.57. The summed E-state index contributed by atoms with van der Waals surface area (Å²) in [5, 5.41) is 18.9. The average molecular weight is 230 g/mol. The van der Waals surface area contributed by atoms with Crippen LogP contribution in [0.25, 0.3) is 0 Å². The SMILES string of the molecule is CC(C)NC(CSc1ncn[nH]1)C(=O)O. The van der Waals surface area contributed by atoms with Gasteiger partial charge in [-0.2, -0.15) is 5.10 Å². The number of H-pyrrole nitrogens is 1. The lowest BCUT2D eigenvalue weighted by Crippen LogP contribution is -2.42. The van der Waals surface area contributed by atoms with Gasteiger partial charge < -0.3 is 10.4 Å². The molecule has 0 radical (unpaired) electrons. The first-order valence-electron chi connectivity index (χ1n) is 4.56. The second-order valence-electron chi connectivity index (χ2n) is 3.31. The molecule has 1 aromatic heterocycles. The van der Waals surface area contributed by atoms with E-state index in [0.717, 1.165) is 0 Å². The number of aromatic amines is 1. The van der Waals surface area contributed by atoms with Gasteiger partial charge >= 0.3 is 5.97 Å². The molecule has 1 aromatic rings. The first-order chi connectivity index (χ1) is 7.09. The van der Waals surface area contributed by atoms with Crippen molar-refractivity contribution in [1.29, 1.82) is 0 Å². The van der Waals surface area contributed by atoms with Crippen LogP contribution in [0.1, 0.15) is 13.8 Å². The third-order valence-corrected chi connectivity index (χ3v) is 2.58. The lowest BCUT2D eigenvalue weighted by Gasteiger charge is -2.15. The third-order valence-electron chi connectivity index (χ3n) is 1.61. The van der Waals surface area contributed by atoms with Crippen molar-refractivity contribution in [3.8, 4) is 0 Å². The number of aromatic nitrogens is 3. The second-order valence-corrected chi connectivity index (χ2v) is 4.32. The first-order valence-corrected chi connectivity index (χ1v) is 5.55. The van der Waals surface area contributed by atoms with Crippen LogP contribution in [0.2, 0.25) is 0 Å². The molecule has 7 heteroatoms. The van der Waals surface area contributed by atoms with Gasteiger partial charge in [-0.05, 0) is 0 Å². The van der Waals surface area contributed by atoms with Gasteiger partial charge in [0.15, 0.2) is 5.16 Å². The van der Waals surface area contributed by atoms with Crippen LogP contribution >= 0.6 is 11.8 Å². The van der Waals surface area contributed by atoms with Crippen LogP contribution in [-0.2, 0) is 4.79 Å². The summed E-state index contributed by atoms with van der Waals surface area (Å²) in [7, 11) is 0. The predicted octanol–water partition coefficient (Wildman–Crippen LogP) is 0.348. The Labute approximate surface area is 91.9 Å². The number of thioether (sulfide) groups is 1. The van der Waals surface area contributed by atoms with Crippen molar-refractivity contribution in [2.45, 2.75) is 31.1 Å². The number of aliphatic carboxylic acids is 1. The van der Waals surface area contributed by atoms with E-state index in [1.165, 1.54) is 18.1 Å². The maximum Gasteiger partial charge on any atom is 0.321 e. The molecule has 0 aliphatic carbocycles. The summed E-state index contributed by atoms with van der Waals surface area (Å²) in [6.07, 6.45) is 1.40. The van der Waals surface area contributed by atoms with Crippen LogP contribution in [0.15, 0.2) is 11.5 Å². The lowest BCUT2D eigenvalue weighted by molar-refractivity contribution is -0.139. The van der Waals surface area contributed by atoms with Crippen LogP contribution in [0, 0.1) is 0 Å².